The van der Waals surface area contributed by atoms with E-state index in [4.69, 9.17) is 16.6 Å². The van der Waals surface area contributed by atoms with Gasteiger partial charge in [-0.25, -0.2) is 9.49 Å². The van der Waals surface area contributed by atoms with Gasteiger partial charge in [-0.2, -0.15) is 0 Å². The van der Waals surface area contributed by atoms with E-state index in [1.165, 1.54) is 6.07 Å². The van der Waals surface area contributed by atoms with Gasteiger partial charge in [0.05, 0.1) is 23.1 Å². The number of anilines is 2. The molecule has 0 aliphatic rings. The average Bonchev–Trinajstić information content (AvgIpc) is 2.89. The van der Waals surface area contributed by atoms with Gasteiger partial charge in [-0.05, 0) is 59.1 Å². The molecule has 0 bridgehead atoms. The van der Waals surface area contributed by atoms with Gasteiger partial charge in [0.1, 0.15) is 5.82 Å². The van der Waals surface area contributed by atoms with E-state index in [2.05, 4.69) is 43.1 Å². The highest BCUT2D eigenvalue weighted by atomic mass is 127. The number of halogens is 2. The topological polar surface area (TPSA) is 66.7 Å². The third-order valence-electron chi connectivity index (χ3n) is 2.69. The molecule has 0 aliphatic heterocycles. The first-order chi connectivity index (χ1) is 10.1. The van der Waals surface area contributed by atoms with E-state index in [1.807, 2.05) is 6.07 Å². The third kappa shape index (κ3) is 3.10. The summed E-state index contributed by atoms with van der Waals surface area (Å²) in [5.41, 5.74) is 1.55. The molecule has 2 aromatic heterocycles. The lowest BCUT2D eigenvalue weighted by Gasteiger charge is -2.10. The number of H-pyrrole nitrogens is 1. The van der Waals surface area contributed by atoms with Crippen LogP contribution in [0.5, 0.6) is 0 Å². The fourth-order valence-electron chi connectivity index (χ4n) is 1.76. The van der Waals surface area contributed by atoms with Gasteiger partial charge in [0.2, 0.25) is 5.89 Å². The van der Waals surface area contributed by atoms with Gasteiger partial charge in [-0.1, -0.05) is 0 Å². The Morgan fingerprint density at radius 3 is 2.86 bits per heavy atom. The van der Waals surface area contributed by atoms with Crippen LogP contribution in [0.2, 0.25) is 0 Å². The highest BCUT2D eigenvalue weighted by Crippen LogP contribution is 2.29. The Morgan fingerprint density at radius 1 is 1.29 bits per heavy atom. The van der Waals surface area contributed by atoms with Gasteiger partial charge in [0.25, 0.3) is 4.84 Å². The fourth-order valence-corrected chi connectivity index (χ4v) is 2.34. The lowest BCUT2D eigenvalue weighted by Crippen LogP contribution is -1.97. The summed E-state index contributed by atoms with van der Waals surface area (Å²) in [6, 6.07) is 6.62. The van der Waals surface area contributed by atoms with Crippen LogP contribution in [0.1, 0.15) is 0 Å². The van der Waals surface area contributed by atoms with E-state index >= 15 is 0 Å². The molecular weight excluding hydrogens is 406 g/mol. The van der Waals surface area contributed by atoms with Gasteiger partial charge in [-0.15, -0.1) is 5.10 Å². The number of hydrogen-bond acceptors (Lipinski definition) is 5. The first kappa shape index (κ1) is 14.1. The van der Waals surface area contributed by atoms with Crippen LogP contribution < -0.4 is 5.32 Å². The Kier molecular flexibility index (Phi) is 3.97. The zero-order valence-corrected chi connectivity index (χ0v) is 13.4. The fraction of sp³-hybridized carbons (Fsp3) is 0. The SMILES string of the molecule is Fc1cc(I)ccc1Nc1cnccc1-c1n[nH]c(=S)o1. The summed E-state index contributed by atoms with van der Waals surface area (Å²) in [7, 11) is 0. The number of nitrogens with one attached hydrogen (secondary N) is 2. The Labute approximate surface area is 137 Å². The van der Waals surface area contributed by atoms with Crippen LogP contribution in [0, 0.1) is 14.2 Å². The van der Waals surface area contributed by atoms with Crippen molar-refractivity contribution in [1.29, 1.82) is 0 Å². The Morgan fingerprint density at radius 2 is 2.14 bits per heavy atom. The van der Waals surface area contributed by atoms with E-state index in [1.54, 1.807) is 24.5 Å². The molecule has 1 aromatic carbocycles. The molecule has 3 rings (SSSR count). The molecule has 0 spiro atoms. The van der Waals surface area contributed by atoms with Gasteiger partial charge >= 0.3 is 0 Å². The van der Waals surface area contributed by atoms with Crippen LogP contribution in [0.4, 0.5) is 15.8 Å². The summed E-state index contributed by atoms with van der Waals surface area (Å²) in [4.78, 5) is 4.20. The van der Waals surface area contributed by atoms with Gasteiger partial charge in [-0.3, -0.25) is 4.98 Å². The molecule has 0 amide bonds. The van der Waals surface area contributed by atoms with Crippen molar-refractivity contribution in [2.75, 3.05) is 5.32 Å². The normalized spacial score (nSPS) is 10.6. The van der Waals surface area contributed by atoms with Crippen molar-refractivity contribution in [3.05, 3.63) is 50.9 Å². The standard InChI is InChI=1S/C13H8FIN4OS/c14-9-5-7(15)1-2-10(9)17-11-6-16-4-3-8(11)12-18-19-13(21)20-12/h1-6,17H,(H,19,21). The molecule has 0 saturated heterocycles. The summed E-state index contributed by atoms with van der Waals surface area (Å²) in [5, 5.41) is 9.51. The second-order valence-corrected chi connectivity index (χ2v) is 5.71. The maximum Gasteiger partial charge on any atom is 0.284 e. The molecule has 21 heavy (non-hydrogen) atoms. The second-order valence-electron chi connectivity index (χ2n) is 4.09. The second kappa shape index (κ2) is 5.90. The van der Waals surface area contributed by atoms with Crippen LogP contribution in [0.15, 0.2) is 41.1 Å². The molecule has 2 N–H and O–H groups in total. The lowest BCUT2D eigenvalue weighted by atomic mass is 10.2. The molecule has 2 heterocycles. The first-order valence-corrected chi connectivity index (χ1v) is 7.34. The number of benzene rings is 1. The first-order valence-electron chi connectivity index (χ1n) is 5.85. The highest BCUT2D eigenvalue weighted by Gasteiger charge is 2.12. The van der Waals surface area contributed by atoms with E-state index in [-0.39, 0.29) is 10.7 Å². The smallest absolute Gasteiger partial charge is 0.284 e. The van der Waals surface area contributed by atoms with Crippen molar-refractivity contribution < 1.29 is 8.81 Å². The molecule has 0 aliphatic carbocycles. The van der Waals surface area contributed by atoms with Crippen molar-refractivity contribution in [1.82, 2.24) is 15.2 Å². The van der Waals surface area contributed by atoms with E-state index < -0.39 is 0 Å². The van der Waals surface area contributed by atoms with E-state index in [0.717, 1.165) is 3.57 Å². The van der Waals surface area contributed by atoms with Crippen molar-refractivity contribution in [2.45, 2.75) is 0 Å². The molecule has 8 heteroatoms. The summed E-state index contributed by atoms with van der Waals surface area (Å²) in [5.74, 6) is -0.0320. The number of aromatic nitrogens is 3. The predicted octanol–water partition coefficient (Wildman–Crippen LogP) is 4.28. The largest absolute Gasteiger partial charge is 0.409 e. The van der Waals surface area contributed by atoms with E-state index in [9.17, 15) is 4.39 Å². The van der Waals surface area contributed by atoms with Crippen molar-refractivity contribution in [3.8, 4) is 11.5 Å². The van der Waals surface area contributed by atoms with Crippen molar-refractivity contribution in [2.24, 2.45) is 0 Å². The molecule has 3 aromatic rings. The number of rotatable bonds is 3. The molecule has 0 unspecified atom stereocenters. The summed E-state index contributed by atoms with van der Waals surface area (Å²) in [6.45, 7) is 0. The number of pyridine rings is 1. The Hall–Kier alpha value is -1.81. The van der Waals surface area contributed by atoms with Gasteiger partial charge < -0.3 is 9.73 Å². The summed E-state index contributed by atoms with van der Waals surface area (Å²) >= 11 is 6.91. The molecular formula is C13H8FIN4OS. The molecule has 0 atom stereocenters. The minimum Gasteiger partial charge on any atom is -0.409 e. The van der Waals surface area contributed by atoms with Crippen LogP contribution in [0.3, 0.4) is 0 Å². The highest BCUT2D eigenvalue weighted by molar-refractivity contribution is 14.1. The zero-order valence-electron chi connectivity index (χ0n) is 10.4. The van der Waals surface area contributed by atoms with Crippen molar-refractivity contribution >= 4 is 46.2 Å². The third-order valence-corrected chi connectivity index (χ3v) is 3.54. The number of hydrogen-bond donors (Lipinski definition) is 2. The lowest BCUT2D eigenvalue weighted by molar-refractivity contribution is 0.552. The van der Waals surface area contributed by atoms with Gasteiger partial charge in [0.15, 0.2) is 0 Å². The zero-order chi connectivity index (χ0) is 14.8. The molecule has 0 saturated carbocycles. The molecule has 106 valence electrons. The average molecular weight is 414 g/mol. The number of nitrogens with zero attached hydrogens (tertiary/aromatic N) is 2. The van der Waals surface area contributed by atoms with Crippen LogP contribution >= 0.6 is 34.8 Å². The summed E-state index contributed by atoms with van der Waals surface area (Å²) < 4.78 is 20.0. The molecule has 0 fully saturated rings. The monoisotopic (exact) mass is 414 g/mol. The number of aromatic amines is 1. The quantitative estimate of drug-likeness (QED) is 0.495. The Bertz CT molecular complexity index is 848. The molecule has 0 radical (unpaired) electrons. The van der Waals surface area contributed by atoms with Gasteiger partial charge in [0, 0.05) is 9.77 Å². The van der Waals surface area contributed by atoms with Crippen molar-refractivity contribution in [3.63, 3.8) is 0 Å². The van der Waals surface area contributed by atoms with Crippen LogP contribution in [0.25, 0.3) is 11.5 Å². The maximum atomic E-state index is 13.9. The Balaban J connectivity index is 2.01. The van der Waals surface area contributed by atoms with E-state index in [0.29, 0.717) is 22.8 Å². The van der Waals surface area contributed by atoms with Crippen LogP contribution in [-0.2, 0) is 0 Å². The minimum atomic E-state index is -0.348. The summed E-state index contributed by atoms with van der Waals surface area (Å²) in [6.07, 6.45) is 3.16. The van der Waals surface area contributed by atoms with Crippen LogP contribution in [-0.4, -0.2) is 15.2 Å². The maximum absolute atomic E-state index is 13.9. The minimum absolute atomic E-state index is 0.174. The predicted molar refractivity (Wildman–Crippen MR) is 87.3 cm³/mol. The molecule has 5 nitrogen and oxygen atoms in total.